The van der Waals surface area contributed by atoms with Crippen molar-refractivity contribution in [3.05, 3.63) is 93.9 Å². The topological polar surface area (TPSA) is 92.2 Å². The second-order valence-corrected chi connectivity index (χ2v) is 10.9. The van der Waals surface area contributed by atoms with Gasteiger partial charge in [-0.3, -0.25) is 9.59 Å². The maximum Gasteiger partial charge on any atom is 0.274 e. The van der Waals surface area contributed by atoms with Crippen molar-refractivity contribution in [2.75, 3.05) is 28.6 Å². The molecule has 8 nitrogen and oxygen atoms in total. The first-order chi connectivity index (χ1) is 19.0. The van der Waals surface area contributed by atoms with Gasteiger partial charge in [0.2, 0.25) is 0 Å². The van der Waals surface area contributed by atoms with E-state index in [4.69, 9.17) is 0 Å². The molecule has 0 saturated heterocycles. The lowest BCUT2D eigenvalue weighted by atomic mass is 9.86. The molecule has 0 spiro atoms. The van der Waals surface area contributed by atoms with E-state index in [-0.39, 0.29) is 16.9 Å². The van der Waals surface area contributed by atoms with Gasteiger partial charge in [0, 0.05) is 43.1 Å². The van der Waals surface area contributed by atoms with Crippen LogP contribution in [0, 0.1) is 6.92 Å². The number of amides is 1. The number of nitrogens with zero attached hydrogens (tertiary/aromatic N) is 4. The van der Waals surface area contributed by atoms with E-state index in [9.17, 15) is 9.59 Å². The van der Waals surface area contributed by atoms with E-state index in [1.807, 2.05) is 67.6 Å². The predicted molar refractivity (Wildman–Crippen MR) is 164 cm³/mol. The van der Waals surface area contributed by atoms with Gasteiger partial charge in [-0.15, -0.1) is 10.2 Å². The molecule has 208 valence electrons. The van der Waals surface area contributed by atoms with Crippen LogP contribution in [0.2, 0.25) is 0 Å². The highest BCUT2D eigenvalue weighted by Gasteiger charge is 2.16. The SMILES string of the molecule is CCN(CC)c1ccc(Nc2cc(-c3cccc(NC(=O)c4ccc(C(C)(C)C)cc4)c3C)cn(C)c2=O)nn1. The zero-order chi connectivity index (χ0) is 29.0. The highest BCUT2D eigenvalue weighted by atomic mass is 16.1. The first kappa shape index (κ1) is 28.5. The van der Waals surface area contributed by atoms with E-state index in [2.05, 4.69) is 60.3 Å². The van der Waals surface area contributed by atoms with Crippen LogP contribution >= 0.6 is 0 Å². The van der Waals surface area contributed by atoms with E-state index in [1.54, 1.807) is 13.2 Å². The van der Waals surface area contributed by atoms with E-state index < -0.39 is 0 Å². The third kappa shape index (κ3) is 6.22. The molecule has 2 aromatic carbocycles. The average molecular weight is 539 g/mol. The van der Waals surface area contributed by atoms with Crippen molar-refractivity contribution in [1.82, 2.24) is 14.8 Å². The Morgan fingerprint density at radius 3 is 2.25 bits per heavy atom. The Morgan fingerprint density at radius 2 is 1.65 bits per heavy atom. The molecule has 8 heteroatoms. The van der Waals surface area contributed by atoms with Gasteiger partial charge in [-0.2, -0.15) is 0 Å². The standard InChI is InChI=1S/C32H38N6O2/c1-8-38(9-2)29-18-17-28(35-36-29)33-27-19-23(20-37(7)31(27)40)25-11-10-12-26(21(25)3)34-30(39)22-13-15-24(16-14-22)32(4,5)6/h10-20H,8-9H2,1-7H3,(H,33,35)(H,34,39). The second kappa shape index (κ2) is 11.7. The number of nitrogens with one attached hydrogen (secondary N) is 2. The van der Waals surface area contributed by atoms with Gasteiger partial charge in [-0.25, -0.2) is 0 Å². The Balaban J connectivity index is 1.59. The average Bonchev–Trinajstić information content (AvgIpc) is 2.93. The summed E-state index contributed by atoms with van der Waals surface area (Å²) in [5.41, 5.74) is 5.34. The molecule has 2 aromatic heterocycles. The fourth-order valence-electron chi connectivity index (χ4n) is 4.59. The molecule has 0 bridgehead atoms. The van der Waals surface area contributed by atoms with Crippen LogP contribution in [-0.2, 0) is 12.5 Å². The molecule has 0 aliphatic heterocycles. The number of carbonyl (C=O) groups is 1. The molecule has 2 N–H and O–H groups in total. The zero-order valence-corrected chi connectivity index (χ0v) is 24.4. The Morgan fingerprint density at radius 1 is 0.950 bits per heavy atom. The highest BCUT2D eigenvalue weighted by Crippen LogP contribution is 2.30. The summed E-state index contributed by atoms with van der Waals surface area (Å²) in [6.45, 7) is 14.2. The Labute approximate surface area is 236 Å². The lowest BCUT2D eigenvalue weighted by Crippen LogP contribution is -2.23. The summed E-state index contributed by atoms with van der Waals surface area (Å²) in [6.07, 6.45) is 1.79. The van der Waals surface area contributed by atoms with Gasteiger partial charge in [0.15, 0.2) is 11.6 Å². The molecule has 0 unspecified atom stereocenters. The van der Waals surface area contributed by atoms with Crippen LogP contribution in [0.25, 0.3) is 11.1 Å². The lowest BCUT2D eigenvalue weighted by Gasteiger charge is -2.19. The van der Waals surface area contributed by atoms with E-state index in [0.29, 0.717) is 22.8 Å². The summed E-state index contributed by atoms with van der Waals surface area (Å²) in [5, 5.41) is 14.8. The summed E-state index contributed by atoms with van der Waals surface area (Å²) in [4.78, 5) is 28.1. The quantitative estimate of drug-likeness (QED) is 0.274. The van der Waals surface area contributed by atoms with Crippen LogP contribution in [0.3, 0.4) is 0 Å². The number of pyridine rings is 1. The van der Waals surface area contributed by atoms with Crippen molar-refractivity contribution in [1.29, 1.82) is 0 Å². The number of carbonyl (C=O) groups excluding carboxylic acids is 1. The van der Waals surface area contributed by atoms with Crippen molar-refractivity contribution >= 4 is 28.9 Å². The summed E-state index contributed by atoms with van der Waals surface area (Å²) >= 11 is 0. The highest BCUT2D eigenvalue weighted by molar-refractivity contribution is 6.05. The van der Waals surface area contributed by atoms with Crippen molar-refractivity contribution in [2.24, 2.45) is 7.05 Å². The number of aryl methyl sites for hydroxylation is 1. The maximum atomic E-state index is 13.1. The predicted octanol–water partition coefficient (Wildman–Crippen LogP) is 6.29. The smallest absolute Gasteiger partial charge is 0.274 e. The lowest BCUT2D eigenvalue weighted by molar-refractivity contribution is 0.102. The molecule has 0 atom stereocenters. The van der Waals surface area contributed by atoms with Crippen molar-refractivity contribution in [3.8, 4) is 11.1 Å². The third-order valence-electron chi connectivity index (χ3n) is 7.09. The van der Waals surface area contributed by atoms with Gasteiger partial charge in [0.05, 0.1) is 0 Å². The van der Waals surface area contributed by atoms with Crippen LogP contribution < -0.4 is 21.1 Å². The zero-order valence-electron chi connectivity index (χ0n) is 24.4. The normalized spacial score (nSPS) is 11.3. The number of hydrogen-bond donors (Lipinski definition) is 2. The minimum atomic E-state index is -0.181. The molecule has 1 amide bonds. The summed E-state index contributed by atoms with van der Waals surface area (Å²) < 4.78 is 1.54. The van der Waals surface area contributed by atoms with Gasteiger partial charge in [-0.1, -0.05) is 45.0 Å². The van der Waals surface area contributed by atoms with Gasteiger partial charge in [-0.05, 0) is 79.3 Å². The van der Waals surface area contributed by atoms with Gasteiger partial charge >= 0.3 is 0 Å². The van der Waals surface area contributed by atoms with Crippen LogP contribution in [0.5, 0.6) is 0 Å². The number of benzene rings is 2. The molecule has 0 aliphatic carbocycles. The fraction of sp³-hybridized carbons (Fsp3) is 0.312. The molecule has 2 heterocycles. The first-order valence-corrected chi connectivity index (χ1v) is 13.6. The molecule has 4 rings (SSSR count). The molecule has 0 saturated carbocycles. The maximum absolute atomic E-state index is 13.1. The van der Waals surface area contributed by atoms with Crippen LogP contribution in [0.1, 0.15) is 56.1 Å². The molecular formula is C32H38N6O2. The Hall–Kier alpha value is -4.46. The number of rotatable bonds is 8. The molecule has 4 aromatic rings. The van der Waals surface area contributed by atoms with Crippen LogP contribution in [0.4, 0.5) is 23.0 Å². The van der Waals surface area contributed by atoms with Crippen LogP contribution in [0.15, 0.2) is 71.7 Å². The van der Waals surface area contributed by atoms with Crippen molar-refractivity contribution < 1.29 is 4.79 Å². The number of aromatic nitrogens is 3. The largest absolute Gasteiger partial charge is 0.356 e. The second-order valence-electron chi connectivity index (χ2n) is 10.9. The minimum absolute atomic E-state index is 0.0186. The van der Waals surface area contributed by atoms with Gasteiger partial charge in [0.25, 0.3) is 11.5 Å². The number of hydrogen-bond acceptors (Lipinski definition) is 6. The van der Waals surface area contributed by atoms with Gasteiger partial charge in [0.1, 0.15) is 5.69 Å². The van der Waals surface area contributed by atoms with E-state index in [0.717, 1.165) is 35.6 Å². The summed E-state index contributed by atoms with van der Waals surface area (Å²) in [7, 11) is 1.72. The fourth-order valence-corrected chi connectivity index (χ4v) is 4.59. The molecule has 40 heavy (non-hydrogen) atoms. The summed E-state index contributed by atoms with van der Waals surface area (Å²) in [6, 6.07) is 19.0. The van der Waals surface area contributed by atoms with Crippen molar-refractivity contribution in [3.63, 3.8) is 0 Å². The molecular weight excluding hydrogens is 500 g/mol. The Kier molecular flexibility index (Phi) is 8.38. The molecule has 0 aliphatic rings. The third-order valence-corrected chi connectivity index (χ3v) is 7.09. The summed E-state index contributed by atoms with van der Waals surface area (Å²) in [5.74, 6) is 1.10. The minimum Gasteiger partial charge on any atom is -0.356 e. The van der Waals surface area contributed by atoms with Gasteiger partial charge < -0.3 is 20.1 Å². The monoisotopic (exact) mass is 538 g/mol. The van der Waals surface area contributed by atoms with E-state index in [1.165, 1.54) is 10.1 Å². The number of anilines is 4. The van der Waals surface area contributed by atoms with Crippen LogP contribution in [-0.4, -0.2) is 33.8 Å². The molecule has 0 fully saturated rings. The Bertz CT molecular complexity index is 1550. The molecule has 0 radical (unpaired) electrons. The first-order valence-electron chi connectivity index (χ1n) is 13.6. The van der Waals surface area contributed by atoms with E-state index >= 15 is 0 Å². The van der Waals surface area contributed by atoms with Crippen molar-refractivity contribution in [2.45, 2.75) is 47.0 Å².